The zero-order chi connectivity index (χ0) is 28.6. The Kier molecular flexibility index (Phi) is 22.5. The van der Waals surface area contributed by atoms with Crippen molar-refractivity contribution in [3.8, 4) is 5.75 Å². The molecule has 1 aromatic rings. The quantitative estimate of drug-likeness (QED) is 0.0692. The van der Waals surface area contributed by atoms with Crippen LogP contribution in [0.15, 0.2) is 24.3 Å². The first-order valence-corrected chi connectivity index (χ1v) is 16.4. The van der Waals surface area contributed by atoms with Gasteiger partial charge in [0.15, 0.2) is 6.10 Å². The van der Waals surface area contributed by atoms with E-state index < -0.39 is 14.7 Å². The number of ether oxygens (including phenoxy) is 2. The Balaban J connectivity index is 2.33. The number of hydrogen-bond donors (Lipinski definition) is 1. The van der Waals surface area contributed by atoms with Gasteiger partial charge in [-0.1, -0.05) is 96.6 Å². The van der Waals surface area contributed by atoms with Crippen molar-refractivity contribution in [3.05, 3.63) is 29.8 Å². The van der Waals surface area contributed by atoms with Gasteiger partial charge in [0, 0.05) is 13.0 Å². The lowest BCUT2D eigenvalue weighted by molar-refractivity contribution is -0.152. The highest BCUT2D eigenvalue weighted by molar-refractivity contribution is 7.40. The van der Waals surface area contributed by atoms with Gasteiger partial charge in [0.05, 0.1) is 13.2 Å². The predicted octanol–water partition coefficient (Wildman–Crippen LogP) is 7.83. The van der Waals surface area contributed by atoms with Crippen LogP contribution in [0.25, 0.3) is 0 Å². The number of unbranched alkanes of at least 4 members (excludes halogenated alkanes) is 11. The lowest BCUT2D eigenvalue weighted by Crippen LogP contribution is -2.29. The summed E-state index contributed by atoms with van der Waals surface area (Å²) in [6.07, 6.45) is 17.6. The Hall–Kier alpha value is -1.24. The minimum absolute atomic E-state index is 0.0121. The van der Waals surface area contributed by atoms with Gasteiger partial charge in [0.2, 0.25) is 0 Å². The van der Waals surface area contributed by atoms with Crippen molar-refractivity contribution < 1.29 is 28.2 Å². The van der Waals surface area contributed by atoms with E-state index in [1.165, 1.54) is 82.6 Å². The number of carbonyl (C=O) groups excluding carboxylic acids is 1. The van der Waals surface area contributed by atoms with Crippen LogP contribution < -0.4 is 4.74 Å². The smallest absolute Gasteiger partial charge is 0.330 e. The predicted molar refractivity (Wildman–Crippen MR) is 161 cm³/mol. The second-order valence-electron chi connectivity index (χ2n) is 10.6. The van der Waals surface area contributed by atoms with Gasteiger partial charge in [-0.15, -0.1) is 0 Å². The van der Waals surface area contributed by atoms with Gasteiger partial charge in [0.1, 0.15) is 12.4 Å². The van der Waals surface area contributed by atoms with Crippen molar-refractivity contribution in [2.24, 2.45) is 0 Å². The molecule has 0 aliphatic carbocycles. The van der Waals surface area contributed by atoms with Crippen molar-refractivity contribution in [3.63, 3.8) is 0 Å². The van der Waals surface area contributed by atoms with Crippen molar-refractivity contribution in [1.82, 2.24) is 4.90 Å². The molecule has 0 radical (unpaired) electrons. The molecule has 0 saturated heterocycles. The molecule has 1 rings (SSSR count). The first-order valence-electron chi connectivity index (χ1n) is 15.2. The molecule has 0 heterocycles. The monoisotopic (exact) mass is 569 g/mol. The molecular weight excluding hydrogens is 513 g/mol. The third kappa shape index (κ3) is 21.2. The number of aryl methyl sites for hydroxylation is 1. The van der Waals surface area contributed by atoms with Crippen LogP contribution in [0, 0.1) is 0 Å². The van der Waals surface area contributed by atoms with Gasteiger partial charge in [-0.05, 0) is 51.1 Å². The normalized spacial score (nSPS) is 13.0. The molecule has 0 aliphatic heterocycles. The maximum atomic E-state index is 12.1. The molecule has 2 atom stereocenters. The van der Waals surface area contributed by atoms with Crippen LogP contribution in [0.4, 0.5) is 0 Å². The zero-order valence-electron chi connectivity index (χ0n) is 25.2. The number of likely N-dealkylation sites (N-methyl/N-ethyl adjacent to an activating group) is 1. The number of carbonyl (C=O) groups is 1. The van der Waals surface area contributed by atoms with Crippen molar-refractivity contribution in [2.45, 2.75) is 116 Å². The number of esters is 1. The number of hydrogen-bond acceptors (Lipinski definition) is 7. The summed E-state index contributed by atoms with van der Waals surface area (Å²) in [5, 5.41) is 0. The van der Waals surface area contributed by atoms with Gasteiger partial charge in [-0.25, -0.2) is 0 Å². The van der Waals surface area contributed by atoms with E-state index in [1.807, 2.05) is 38.1 Å². The molecule has 0 fully saturated rings. The standard InChI is InChI=1S/C31H56NO6P/c1-5-7-8-9-10-11-12-13-14-15-16-17-20-28-21-18-22-29(25-28)35-26-30(38-31(33)19-6-2)27-37-39(34)36-24-23-32(3)4/h18,21-22,25,30,34H,5-17,19-20,23-24,26-27H2,1-4H3. The van der Waals surface area contributed by atoms with Crippen LogP contribution in [0.1, 0.15) is 109 Å². The Morgan fingerprint density at radius 1 is 0.872 bits per heavy atom. The SMILES string of the molecule is CCCCCCCCCCCCCCc1cccc(OCC(COP(O)OCCN(C)C)OC(=O)CCC)c1. The second kappa shape index (κ2) is 24.5. The van der Waals surface area contributed by atoms with E-state index in [9.17, 15) is 9.69 Å². The molecule has 8 heteroatoms. The fourth-order valence-corrected chi connectivity index (χ4v) is 4.81. The maximum Gasteiger partial charge on any atom is 0.330 e. The van der Waals surface area contributed by atoms with Gasteiger partial charge in [-0.2, -0.15) is 0 Å². The minimum atomic E-state index is -2.04. The lowest BCUT2D eigenvalue weighted by atomic mass is 10.0. The minimum Gasteiger partial charge on any atom is -0.490 e. The molecule has 0 spiro atoms. The molecule has 2 unspecified atom stereocenters. The van der Waals surface area contributed by atoms with Gasteiger partial charge in [0.25, 0.3) is 0 Å². The fraction of sp³-hybridized carbons (Fsp3) is 0.774. The number of benzene rings is 1. The zero-order valence-corrected chi connectivity index (χ0v) is 26.1. The van der Waals surface area contributed by atoms with Crippen LogP contribution in [0.3, 0.4) is 0 Å². The first-order chi connectivity index (χ1) is 18.9. The molecule has 7 nitrogen and oxygen atoms in total. The second-order valence-corrected chi connectivity index (χ2v) is 11.6. The van der Waals surface area contributed by atoms with Crippen molar-refractivity contribution in [1.29, 1.82) is 0 Å². The molecule has 1 aromatic carbocycles. The first kappa shape index (κ1) is 35.8. The van der Waals surface area contributed by atoms with Gasteiger partial charge < -0.3 is 28.3 Å². The molecule has 226 valence electrons. The topological polar surface area (TPSA) is 77.5 Å². The van der Waals surface area contributed by atoms with E-state index in [0.29, 0.717) is 26.0 Å². The Morgan fingerprint density at radius 3 is 2.13 bits per heavy atom. The highest BCUT2D eigenvalue weighted by atomic mass is 31.2. The summed E-state index contributed by atoms with van der Waals surface area (Å²) in [6, 6.07) is 8.12. The summed E-state index contributed by atoms with van der Waals surface area (Å²) in [5.74, 6) is 0.447. The Labute approximate surface area is 239 Å². The van der Waals surface area contributed by atoms with Gasteiger partial charge in [-0.3, -0.25) is 4.79 Å². The fourth-order valence-electron chi connectivity index (χ4n) is 4.20. The molecule has 39 heavy (non-hydrogen) atoms. The van der Waals surface area contributed by atoms with Crippen LogP contribution in [-0.4, -0.2) is 62.3 Å². The van der Waals surface area contributed by atoms with Crippen molar-refractivity contribution in [2.75, 3.05) is 40.5 Å². The summed E-state index contributed by atoms with van der Waals surface area (Å²) in [5.41, 5.74) is 1.25. The largest absolute Gasteiger partial charge is 0.490 e. The van der Waals surface area contributed by atoms with Crippen LogP contribution in [-0.2, 0) is 25.0 Å². The third-order valence-corrected chi connectivity index (χ3v) is 7.29. The average Bonchev–Trinajstić information content (AvgIpc) is 2.91. The van der Waals surface area contributed by atoms with Gasteiger partial charge >= 0.3 is 14.6 Å². The van der Waals surface area contributed by atoms with Crippen molar-refractivity contribution >= 4 is 14.6 Å². The maximum absolute atomic E-state index is 12.1. The Bertz CT molecular complexity index is 720. The summed E-state index contributed by atoms with van der Waals surface area (Å²) >= 11 is 0. The van der Waals surface area contributed by atoms with Crippen LogP contribution in [0.5, 0.6) is 5.75 Å². The molecule has 0 bridgehead atoms. The molecule has 1 N–H and O–H groups in total. The molecule has 0 aliphatic rings. The van der Waals surface area contributed by atoms with E-state index in [2.05, 4.69) is 19.1 Å². The molecular formula is C31H56NO6P. The summed E-state index contributed by atoms with van der Waals surface area (Å²) < 4.78 is 22.2. The third-order valence-electron chi connectivity index (χ3n) is 6.52. The summed E-state index contributed by atoms with van der Waals surface area (Å²) in [4.78, 5) is 24.0. The van der Waals surface area contributed by atoms with E-state index in [-0.39, 0.29) is 19.2 Å². The number of rotatable bonds is 26. The van der Waals surface area contributed by atoms with E-state index in [4.69, 9.17) is 18.5 Å². The molecule has 0 saturated carbocycles. The summed E-state index contributed by atoms with van der Waals surface area (Å²) in [6.45, 7) is 5.40. The molecule has 0 amide bonds. The highest BCUT2D eigenvalue weighted by Crippen LogP contribution is 2.32. The number of nitrogens with zero attached hydrogens (tertiary/aromatic N) is 1. The van der Waals surface area contributed by atoms with E-state index in [0.717, 1.165) is 12.2 Å². The summed E-state index contributed by atoms with van der Waals surface area (Å²) in [7, 11) is 1.82. The Morgan fingerprint density at radius 2 is 1.51 bits per heavy atom. The molecule has 0 aromatic heterocycles. The van der Waals surface area contributed by atoms with Crippen LogP contribution in [0.2, 0.25) is 0 Å². The van der Waals surface area contributed by atoms with E-state index >= 15 is 0 Å². The highest BCUT2D eigenvalue weighted by Gasteiger charge is 2.19. The van der Waals surface area contributed by atoms with Crippen LogP contribution >= 0.6 is 8.60 Å². The average molecular weight is 570 g/mol. The van der Waals surface area contributed by atoms with E-state index in [1.54, 1.807) is 0 Å². The lowest BCUT2D eigenvalue weighted by Gasteiger charge is -2.20.